The van der Waals surface area contributed by atoms with Gasteiger partial charge in [0.15, 0.2) is 0 Å². The van der Waals surface area contributed by atoms with E-state index in [1.165, 1.54) is 24.1 Å². The van der Waals surface area contributed by atoms with E-state index in [9.17, 15) is 0 Å². The normalized spacial score (nSPS) is 18.0. The van der Waals surface area contributed by atoms with Crippen molar-refractivity contribution in [2.75, 3.05) is 91.5 Å². The van der Waals surface area contributed by atoms with Crippen LogP contribution in [0.15, 0.2) is 30.3 Å². The average molecular weight is 621 g/mol. The number of hydrogen-bond acceptors (Lipinski definition) is 8. The Morgan fingerprint density at radius 3 is 2.24 bits per heavy atom. The number of morpholine rings is 1. The van der Waals surface area contributed by atoms with Crippen LogP contribution < -0.4 is 14.4 Å². The van der Waals surface area contributed by atoms with E-state index in [2.05, 4.69) is 51.6 Å². The molecule has 0 spiro atoms. The summed E-state index contributed by atoms with van der Waals surface area (Å²) >= 11 is 0. The van der Waals surface area contributed by atoms with Gasteiger partial charge in [-0.1, -0.05) is 13.0 Å². The highest BCUT2D eigenvalue weighted by molar-refractivity contribution is 5.82. The first-order valence-electron chi connectivity index (χ1n) is 17.1. The Hall–Kier alpha value is -2.85. The van der Waals surface area contributed by atoms with Gasteiger partial charge in [-0.2, -0.15) is 5.10 Å². The summed E-state index contributed by atoms with van der Waals surface area (Å²) in [4.78, 5) is 5.06. The number of pyridine rings is 1. The van der Waals surface area contributed by atoms with Crippen LogP contribution in [0.3, 0.4) is 0 Å². The maximum atomic E-state index is 6.03. The maximum Gasteiger partial charge on any atom is 0.132 e. The van der Waals surface area contributed by atoms with Crippen molar-refractivity contribution in [2.45, 2.75) is 51.9 Å². The van der Waals surface area contributed by atoms with Gasteiger partial charge in [-0.25, -0.2) is 4.52 Å². The number of nitrogens with zero attached hydrogens (tertiary/aromatic N) is 4. The van der Waals surface area contributed by atoms with E-state index < -0.39 is 0 Å². The zero-order valence-corrected chi connectivity index (χ0v) is 27.6. The van der Waals surface area contributed by atoms with E-state index in [0.717, 1.165) is 144 Å². The molecule has 0 N–H and O–H groups in total. The first-order chi connectivity index (χ1) is 22.2. The second-order valence-electron chi connectivity index (χ2n) is 12.8. The minimum absolute atomic E-state index is 0.656. The van der Waals surface area contributed by atoms with Crippen molar-refractivity contribution in [3.8, 4) is 22.8 Å². The molecule has 0 bridgehead atoms. The maximum absolute atomic E-state index is 6.03. The molecular formula is C36H52N4O5. The molecule has 3 aromatic rings. The number of benzene rings is 1. The van der Waals surface area contributed by atoms with Crippen LogP contribution in [-0.4, -0.2) is 101 Å². The zero-order chi connectivity index (χ0) is 31.0. The van der Waals surface area contributed by atoms with Gasteiger partial charge in [-0.15, -0.1) is 0 Å². The summed E-state index contributed by atoms with van der Waals surface area (Å²) in [5.74, 6) is 3.05. The van der Waals surface area contributed by atoms with E-state index in [-0.39, 0.29) is 0 Å². The van der Waals surface area contributed by atoms with Gasteiger partial charge in [0.1, 0.15) is 11.5 Å². The first kappa shape index (κ1) is 32.1. The molecule has 2 aliphatic heterocycles. The van der Waals surface area contributed by atoms with Crippen molar-refractivity contribution in [3.63, 3.8) is 0 Å². The van der Waals surface area contributed by atoms with Gasteiger partial charge in [-0.05, 0) is 86.6 Å². The number of anilines is 1. The van der Waals surface area contributed by atoms with E-state index >= 15 is 0 Å². The predicted molar refractivity (Wildman–Crippen MR) is 178 cm³/mol. The smallest absolute Gasteiger partial charge is 0.132 e. The lowest BCUT2D eigenvalue weighted by atomic mass is 9.99. The molecule has 6 rings (SSSR count). The lowest BCUT2D eigenvalue weighted by Gasteiger charge is -2.31. The Labute approximate surface area is 268 Å². The van der Waals surface area contributed by atoms with E-state index in [1.807, 2.05) is 0 Å². The summed E-state index contributed by atoms with van der Waals surface area (Å²) in [6, 6.07) is 10.8. The predicted octanol–water partition coefficient (Wildman–Crippen LogP) is 5.51. The summed E-state index contributed by atoms with van der Waals surface area (Å²) < 4.78 is 31.3. The van der Waals surface area contributed by atoms with Crippen LogP contribution in [0.4, 0.5) is 5.69 Å². The van der Waals surface area contributed by atoms with Crippen molar-refractivity contribution in [1.82, 2.24) is 14.5 Å². The quantitative estimate of drug-likeness (QED) is 0.195. The molecule has 2 aromatic heterocycles. The van der Waals surface area contributed by atoms with Crippen molar-refractivity contribution in [1.29, 1.82) is 0 Å². The third kappa shape index (κ3) is 7.94. The topological polar surface area (TPSA) is 69.9 Å². The minimum Gasteiger partial charge on any atom is -0.496 e. The Kier molecular flexibility index (Phi) is 11.1. The molecule has 1 aliphatic carbocycles. The third-order valence-electron chi connectivity index (χ3n) is 9.58. The summed E-state index contributed by atoms with van der Waals surface area (Å²) in [7, 11) is 3.49. The molecule has 4 heterocycles. The van der Waals surface area contributed by atoms with Gasteiger partial charge in [0, 0.05) is 52.5 Å². The number of aromatic nitrogens is 2. The Morgan fingerprint density at radius 1 is 0.889 bits per heavy atom. The molecule has 0 amide bonds. The average Bonchev–Trinajstić information content (AvgIpc) is 3.82. The van der Waals surface area contributed by atoms with Gasteiger partial charge >= 0.3 is 0 Å². The van der Waals surface area contributed by atoms with Crippen molar-refractivity contribution < 1.29 is 23.7 Å². The van der Waals surface area contributed by atoms with Crippen molar-refractivity contribution >= 4 is 11.2 Å². The van der Waals surface area contributed by atoms with Crippen molar-refractivity contribution in [2.24, 2.45) is 11.8 Å². The number of aryl methyl sites for hydroxylation is 2. The van der Waals surface area contributed by atoms with Crippen LogP contribution in [0.1, 0.15) is 50.3 Å². The number of methoxy groups -OCH3 is 2. The van der Waals surface area contributed by atoms with Gasteiger partial charge < -0.3 is 28.6 Å². The number of ether oxygens (including phenoxy) is 5. The second-order valence-corrected chi connectivity index (χ2v) is 12.8. The lowest BCUT2D eigenvalue weighted by molar-refractivity contribution is 0.0202. The summed E-state index contributed by atoms with van der Waals surface area (Å²) in [6.07, 6.45) is 7.64. The highest BCUT2D eigenvalue weighted by Gasteiger charge is 2.30. The Balaban J connectivity index is 1.22. The molecule has 1 saturated carbocycles. The minimum atomic E-state index is 0.656. The molecule has 9 heteroatoms. The summed E-state index contributed by atoms with van der Waals surface area (Å²) in [5, 5.41) is 5.25. The van der Waals surface area contributed by atoms with E-state index in [4.69, 9.17) is 28.8 Å². The van der Waals surface area contributed by atoms with E-state index in [1.54, 1.807) is 14.2 Å². The van der Waals surface area contributed by atoms with Crippen molar-refractivity contribution in [3.05, 3.63) is 41.6 Å². The Morgan fingerprint density at radius 2 is 1.58 bits per heavy atom. The van der Waals surface area contributed by atoms with Gasteiger partial charge in [0.25, 0.3) is 0 Å². The van der Waals surface area contributed by atoms with Gasteiger partial charge in [-0.3, -0.25) is 4.90 Å². The second kappa shape index (κ2) is 15.6. The van der Waals surface area contributed by atoms with Crippen LogP contribution in [0.5, 0.6) is 11.5 Å². The highest BCUT2D eigenvalue weighted by Crippen LogP contribution is 2.42. The molecule has 2 saturated heterocycles. The molecule has 3 fully saturated rings. The molecule has 0 radical (unpaired) electrons. The molecule has 0 unspecified atom stereocenters. The molecule has 45 heavy (non-hydrogen) atoms. The molecule has 1 aromatic carbocycles. The lowest BCUT2D eigenvalue weighted by Crippen LogP contribution is -2.38. The van der Waals surface area contributed by atoms with Crippen LogP contribution in [0.25, 0.3) is 16.8 Å². The number of fused-ring (bicyclic) bond motifs is 1. The summed E-state index contributed by atoms with van der Waals surface area (Å²) in [5.41, 5.74) is 6.70. The number of rotatable bonds is 16. The van der Waals surface area contributed by atoms with Gasteiger partial charge in [0.05, 0.1) is 62.2 Å². The highest BCUT2D eigenvalue weighted by atomic mass is 16.5. The fraction of sp³-hybridized carbons (Fsp3) is 0.639. The van der Waals surface area contributed by atoms with Crippen LogP contribution in [0.2, 0.25) is 0 Å². The first-order valence-corrected chi connectivity index (χ1v) is 17.1. The summed E-state index contributed by atoms with van der Waals surface area (Å²) in [6.45, 7) is 12.2. The molecule has 3 aliphatic rings. The zero-order valence-electron chi connectivity index (χ0n) is 27.6. The van der Waals surface area contributed by atoms with Crippen LogP contribution >= 0.6 is 0 Å². The standard InChI is InChI=1S/C36H52N4O5/c1-4-30-36(39(25-27-10-11-27)26-28-12-18-44-19-13-28)32-9-5-8-31(40(32)37-30)35-33(41-2)23-29(24-34(35)42-3)7-6-17-43-20-14-38-15-21-45-22-16-38/h5,8-9,23-24,27-28H,4,6-7,10-22,25-26H2,1-3H3. The van der Waals surface area contributed by atoms with Crippen LogP contribution in [-0.2, 0) is 27.1 Å². The SMILES string of the molecule is CCc1nn2c(-c3c(OC)cc(CCCOCCN4CCOCC4)cc3OC)cccc2c1N(CC1CCOCC1)CC1CC1. The molecular weight excluding hydrogens is 568 g/mol. The fourth-order valence-electron chi connectivity index (χ4n) is 6.85. The monoisotopic (exact) mass is 620 g/mol. The number of hydrogen-bond donors (Lipinski definition) is 0. The van der Waals surface area contributed by atoms with Gasteiger partial charge in [0.2, 0.25) is 0 Å². The largest absolute Gasteiger partial charge is 0.496 e. The third-order valence-corrected chi connectivity index (χ3v) is 9.58. The fourth-order valence-corrected chi connectivity index (χ4v) is 6.85. The van der Waals surface area contributed by atoms with Crippen LogP contribution in [0, 0.1) is 11.8 Å². The Bertz CT molecular complexity index is 1350. The molecule has 246 valence electrons. The molecule has 0 atom stereocenters. The molecule has 9 nitrogen and oxygen atoms in total. The van der Waals surface area contributed by atoms with E-state index in [0.29, 0.717) is 5.92 Å².